The number of methoxy groups -OCH3 is 1. The number of amides is 4. The van der Waals surface area contributed by atoms with Crippen LogP contribution in [0.3, 0.4) is 0 Å². The van der Waals surface area contributed by atoms with Gasteiger partial charge in [-0.3, -0.25) is 19.2 Å². The highest BCUT2D eigenvalue weighted by molar-refractivity contribution is 7.31. The van der Waals surface area contributed by atoms with E-state index < -0.39 is 95.9 Å². The van der Waals surface area contributed by atoms with Gasteiger partial charge in [0.05, 0.1) is 11.2 Å². The van der Waals surface area contributed by atoms with E-state index >= 15 is 0 Å². The van der Waals surface area contributed by atoms with Crippen molar-refractivity contribution in [1.29, 1.82) is 0 Å². The zero-order valence-electron chi connectivity index (χ0n) is 71.7. The Kier molecular flexibility index (Phi) is 49.7. The normalized spacial score (nSPS) is 15.3. The topological polar surface area (TPSA) is 443 Å². The Bertz CT molecular complexity index is 4700. The Hall–Kier alpha value is -11.8. The van der Waals surface area contributed by atoms with Crippen LogP contribution in [0.15, 0.2) is 223 Å². The summed E-state index contributed by atoms with van der Waals surface area (Å²) in [5, 5.41) is 45.6. The highest BCUT2D eigenvalue weighted by atomic mass is 35.5. The molecule has 30 nitrogen and oxygen atoms in total. The van der Waals surface area contributed by atoms with Gasteiger partial charge in [0.1, 0.15) is 91.9 Å². The summed E-state index contributed by atoms with van der Waals surface area (Å²) in [6, 6.07) is 53.8. The summed E-state index contributed by atoms with van der Waals surface area (Å²) in [7, 11) is 3.68. The van der Waals surface area contributed by atoms with E-state index in [4.69, 9.17) is 53.5 Å². The molecule has 8 atom stereocenters. The number of esters is 1. The smallest absolute Gasteiger partial charge is 0.521 e. The van der Waals surface area contributed by atoms with Gasteiger partial charge < -0.3 is 108 Å². The lowest BCUT2D eigenvalue weighted by Crippen LogP contribution is -3.00. The third-order valence-corrected chi connectivity index (χ3v) is 20.0. The second-order valence-electron chi connectivity index (χ2n) is 29.8. The highest BCUT2D eigenvalue weighted by Gasteiger charge is 2.54. The van der Waals surface area contributed by atoms with E-state index in [1.54, 1.807) is 31.4 Å². The number of aliphatic carboxylic acids is 4. The van der Waals surface area contributed by atoms with E-state index in [-0.39, 0.29) is 114 Å². The van der Waals surface area contributed by atoms with Crippen LogP contribution in [0.4, 0.5) is 31.9 Å². The molecule has 0 aliphatic carbocycles. The molecule has 3 aliphatic heterocycles. The number of nitrogens with one attached hydrogen (secondary N) is 4. The van der Waals surface area contributed by atoms with Crippen LogP contribution in [0, 0.1) is 23.3 Å². The molecule has 0 aromatic heterocycles. The van der Waals surface area contributed by atoms with Crippen LogP contribution in [0.2, 0.25) is 0 Å². The summed E-state index contributed by atoms with van der Waals surface area (Å²) in [4.78, 5) is 116. The van der Waals surface area contributed by atoms with Gasteiger partial charge in [-0.15, -0.1) is 0 Å². The zero-order chi connectivity index (χ0) is 93.3. The third kappa shape index (κ3) is 42.7. The molecule has 11 rings (SSSR count). The van der Waals surface area contributed by atoms with Crippen LogP contribution in [0.25, 0.3) is 0 Å². The number of hydrogen-bond acceptors (Lipinski definition) is 21. The summed E-state index contributed by atoms with van der Waals surface area (Å²) in [6.07, 6.45) is 2.80. The van der Waals surface area contributed by atoms with Gasteiger partial charge in [0.15, 0.2) is 0 Å². The van der Waals surface area contributed by atoms with Crippen molar-refractivity contribution in [3.63, 3.8) is 0 Å². The maximum atomic E-state index is 13.2. The molecule has 4 amide bonds. The molecule has 0 saturated carbocycles. The number of carbonyl (C=O) groups excluding carboxylic acids is 6. The lowest BCUT2D eigenvalue weighted by atomic mass is 9.76. The molecule has 38 heteroatoms. The minimum absolute atomic E-state index is 0. The third-order valence-electron chi connectivity index (χ3n) is 19.4. The number of quaternary nitrogens is 1. The van der Waals surface area contributed by atoms with Crippen LogP contribution < -0.4 is 45.1 Å². The van der Waals surface area contributed by atoms with E-state index in [0.29, 0.717) is 42.7 Å². The number of benzene rings is 8. The minimum atomic E-state index is -1.19. The molecule has 3 saturated heterocycles. The number of carboxylic acids is 4. The average Bonchev–Trinajstić information content (AvgIpc) is 1.67. The maximum absolute atomic E-state index is 13.2. The molecule has 128 heavy (non-hydrogen) atoms. The van der Waals surface area contributed by atoms with E-state index in [0.717, 1.165) is 66.7 Å². The van der Waals surface area contributed by atoms with Gasteiger partial charge in [-0.25, -0.2) is 50.8 Å². The van der Waals surface area contributed by atoms with Crippen molar-refractivity contribution in [3.05, 3.63) is 286 Å². The predicted molar refractivity (Wildman–Crippen MR) is 466 cm³/mol. The first kappa shape index (κ1) is 109. The Morgan fingerprint density at radius 1 is 0.531 bits per heavy atom. The van der Waals surface area contributed by atoms with Gasteiger partial charge in [-0.1, -0.05) is 170 Å². The number of hydrogen-bond donors (Lipinski definition) is 10. The lowest BCUT2D eigenvalue weighted by molar-refractivity contribution is -0.399. The van der Waals surface area contributed by atoms with Crippen molar-refractivity contribution in [2.45, 2.75) is 179 Å². The van der Waals surface area contributed by atoms with Gasteiger partial charge in [0, 0.05) is 46.4 Å². The largest absolute Gasteiger partial charge is 1.00 e. The summed E-state index contributed by atoms with van der Waals surface area (Å²) in [6.45, 7) is 12.1. The first-order valence-electron chi connectivity index (χ1n) is 40.3. The van der Waals surface area contributed by atoms with Crippen molar-refractivity contribution in [2.75, 3.05) is 26.8 Å². The van der Waals surface area contributed by atoms with Crippen molar-refractivity contribution in [3.8, 4) is 0 Å². The van der Waals surface area contributed by atoms with Crippen LogP contribution in [-0.4, -0.2) is 173 Å². The first-order chi connectivity index (χ1) is 60.5. The van der Waals surface area contributed by atoms with Gasteiger partial charge in [-0.2, -0.15) is 0 Å². The fraction of sp³-hybridized carbons (Fsp3) is 0.356. The molecule has 8 aromatic carbocycles. The molecule has 0 bridgehead atoms. The van der Waals surface area contributed by atoms with Gasteiger partial charge in [0.25, 0.3) is 0 Å². The van der Waals surface area contributed by atoms with Crippen LogP contribution >= 0.6 is 18.0 Å². The molecule has 3 aliphatic rings. The quantitative estimate of drug-likeness (QED) is 0.00482. The zero-order valence-corrected chi connectivity index (χ0v) is 74.5. The van der Waals surface area contributed by atoms with Gasteiger partial charge in [-0.05, 0) is 182 Å². The van der Waals surface area contributed by atoms with Crippen LogP contribution in [0.5, 0.6) is 0 Å². The molecule has 13 N–H and O–H groups in total. The Labute approximate surface area is 751 Å². The molecule has 0 spiro atoms. The standard InChI is InChI=1S/C22H23FN2O5.C17H17FN2O4P2.C17H16FNO4.C11H24BNO3.C9H10FNO2.C9H10O2.C5H9NO2.ClH/c23-17-10-8-15(9-11-17)13-18(20(26)25-12-4-7-19(25)21(27)28)24-22(29)30-14-16-5-2-1-3-6-16;18-14-8-6-12(7-9-14)10-15(16(21)24-26-20-25)19-17(22)23-11-13-4-2-1-3-5-13;18-14-8-6-12(7-9-14)10-15(16(20)21)19-17(22)23-11-13-4-2-1-3-5-13;1-10(2)11(3,4)16-12(15-10)9(13)7-6-8-14-5;10-7-3-1-6(2-4-7)5-8(11)9(12)13;1-8(10)11-7-9-5-3-2-4-6-9;7-5(8)4-2-1-3-6-4;/h1-3,5-6,8-11,18-19H,4,7,12-14H2,(H,24,29)(H,27,28);1-9,15H,10-11,25H2,(H,19,22);1-9,15H,10-11H2,(H,19,22)(H,20,21);9H,6-8,13H2,1-5H3;1-4,8H,5,11H2,(H,12,13);2-6H,7H2,1H3;4,6H,1-3H2,(H,7,8);1H/t18-,19+;2*15-;;8-;;4-;/m111.1.0./s1. The summed E-state index contributed by atoms with van der Waals surface area (Å²) in [5.74, 6) is -6.83. The van der Waals surface area contributed by atoms with Crippen molar-refractivity contribution in [2.24, 2.45) is 10.2 Å². The summed E-state index contributed by atoms with van der Waals surface area (Å²) in [5.41, 5.74) is 14.9. The molecule has 2 unspecified atom stereocenters. The fourth-order valence-corrected chi connectivity index (χ4v) is 12.2. The fourth-order valence-electron chi connectivity index (χ4n) is 11.8. The number of nitrogens with zero attached hydrogens (tertiary/aromatic N) is 2. The number of halogens is 5. The van der Waals surface area contributed by atoms with Gasteiger partial charge in [0.2, 0.25) is 14.5 Å². The number of likely N-dealkylation sites (tertiary alicyclic amines) is 1. The maximum Gasteiger partial charge on any atom is 0.521 e. The number of rotatable bonds is 31. The van der Waals surface area contributed by atoms with Crippen LogP contribution in [0.1, 0.15) is 118 Å². The lowest BCUT2D eigenvalue weighted by Gasteiger charge is -2.32. The van der Waals surface area contributed by atoms with Crippen molar-refractivity contribution in [1.82, 2.24) is 26.2 Å². The Morgan fingerprint density at radius 3 is 1.23 bits per heavy atom. The van der Waals surface area contributed by atoms with Gasteiger partial charge >= 0.3 is 61.2 Å². The number of ether oxygens (including phenoxy) is 5. The molecule has 8 aromatic rings. The molecular weight excluding hydrogens is 1730 g/mol. The molecule has 3 heterocycles. The Balaban J connectivity index is 0.000000324. The molecular formula is C90H110BClF4N8O22P2. The van der Waals surface area contributed by atoms with E-state index in [2.05, 4.69) is 68.6 Å². The average molecular weight is 1840 g/mol. The van der Waals surface area contributed by atoms with Crippen molar-refractivity contribution < 1.29 is 142 Å². The monoisotopic (exact) mass is 1840 g/mol. The summed E-state index contributed by atoms with van der Waals surface area (Å²) >= 11 is 0. The molecule has 3 fully saturated rings. The first-order valence-corrected chi connectivity index (χ1v) is 41.6. The second-order valence-corrected chi connectivity index (χ2v) is 31.1. The summed E-state index contributed by atoms with van der Waals surface area (Å²) < 4.78 is 97.0. The molecule has 690 valence electrons. The number of carboxylic acid groups (broad SMARTS) is 4. The van der Waals surface area contributed by atoms with Crippen molar-refractivity contribution >= 4 is 85.1 Å². The number of carbonyl (C=O) groups is 10. The number of nitrogens with two attached hydrogens (primary N) is 1. The van der Waals surface area contributed by atoms with E-state index in [1.807, 2.05) is 97.1 Å². The highest BCUT2D eigenvalue weighted by Crippen LogP contribution is 2.37. The second kappa shape index (κ2) is 58.6. The SMILES string of the molecule is CC(=O)OCc1ccccc1.COCCCC([NH3+])B1OC(C)(C)C(C)(C)O1.N[C@H](Cc1ccc(F)cc1)C(=O)O.O=C(N[C@H](Cc1ccc(F)cc1)C(=O)N1CCC[C@H]1C(=O)O)OCc1ccccc1.O=C(N[C@H](Cc1ccc(F)cc1)C(=O)O)OCc1ccccc1.O=C(N[C@H](Cc1ccc(F)cc1)C(=O)OP=NP)OCc1ccccc1.O=C(O)[C@@H]1CCCN1.[Cl-]. The van der Waals surface area contributed by atoms with E-state index in [1.165, 1.54) is 109 Å². The number of alkyl carbamates (subject to hydrolysis) is 3. The van der Waals surface area contributed by atoms with Crippen LogP contribution in [-0.2, 0) is 123 Å². The predicted octanol–water partition coefficient (Wildman–Crippen LogP) is 9.54. The molecule has 0 radical (unpaired) electrons. The Morgan fingerprint density at radius 2 is 0.898 bits per heavy atom. The minimum Gasteiger partial charge on any atom is -1.00 e. The van der Waals surface area contributed by atoms with E-state index in [9.17, 15) is 75.7 Å².